The van der Waals surface area contributed by atoms with Gasteiger partial charge < -0.3 is 4.98 Å². The largest absolute Gasteiger partial charge is 0.338 e. The number of nitrogens with one attached hydrogen (secondary N) is 1. The topological polar surface area (TPSA) is 46.5 Å². The van der Waals surface area contributed by atoms with Crippen LogP contribution in [0.4, 0.5) is 0 Å². The molecule has 0 atom stereocenters. The third-order valence-corrected chi connectivity index (χ3v) is 3.70. The second-order valence-electron chi connectivity index (χ2n) is 4.96. The summed E-state index contributed by atoms with van der Waals surface area (Å²) in [5.74, 6) is 0.909. The summed E-state index contributed by atoms with van der Waals surface area (Å²) in [7, 11) is 1.96. The van der Waals surface area contributed by atoms with Gasteiger partial charge in [0.05, 0.1) is 22.3 Å². The molecule has 0 amide bonds. The van der Waals surface area contributed by atoms with E-state index in [1.807, 2.05) is 18.7 Å². The highest BCUT2D eigenvalue weighted by molar-refractivity contribution is 5.80. The lowest BCUT2D eigenvalue weighted by Crippen LogP contribution is -1.92. The Bertz CT molecular complexity index is 749. The number of benzene rings is 1. The molecule has 98 valence electrons. The number of aromatic nitrogens is 4. The van der Waals surface area contributed by atoms with Crippen molar-refractivity contribution in [2.45, 2.75) is 27.2 Å². The zero-order chi connectivity index (χ0) is 13.6. The molecule has 0 saturated carbocycles. The van der Waals surface area contributed by atoms with E-state index in [1.54, 1.807) is 0 Å². The van der Waals surface area contributed by atoms with Crippen molar-refractivity contribution in [3.05, 3.63) is 35.2 Å². The SMILES string of the molecule is CCc1ccc2nc(-c3c(C)nn(C)c3C)[nH]c2c1. The molecule has 0 saturated heterocycles. The molecule has 4 heteroatoms. The fraction of sp³-hybridized carbons (Fsp3) is 0.333. The van der Waals surface area contributed by atoms with Crippen LogP contribution < -0.4 is 0 Å². The number of hydrogen-bond acceptors (Lipinski definition) is 2. The van der Waals surface area contributed by atoms with Gasteiger partial charge in [-0.3, -0.25) is 4.68 Å². The Balaban J connectivity index is 2.20. The Morgan fingerprint density at radius 3 is 2.68 bits per heavy atom. The first-order valence-corrected chi connectivity index (χ1v) is 6.59. The molecule has 0 fully saturated rings. The average molecular weight is 254 g/mol. The molecule has 0 spiro atoms. The maximum Gasteiger partial charge on any atom is 0.142 e. The zero-order valence-electron chi connectivity index (χ0n) is 11.8. The molecular formula is C15H18N4. The molecule has 0 bridgehead atoms. The average Bonchev–Trinajstić information content (AvgIpc) is 2.90. The van der Waals surface area contributed by atoms with Gasteiger partial charge in [-0.2, -0.15) is 5.10 Å². The summed E-state index contributed by atoms with van der Waals surface area (Å²) in [6.07, 6.45) is 1.04. The third kappa shape index (κ3) is 1.84. The van der Waals surface area contributed by atoms with Gasteiger partial charge in [-0.05, 0) is 38.0 Å². The Morgan fingerprint density at radius 2 is 2.05 bits per heavy atom. The minimum absolute atomic E-state index is 0.909. The lowest BCUT2D eigenvalue weighted by atomic mass is 10.1. The van der Waals surface area contributed by atoms with Gasteiger partial charge in [0.15, 0.2) is 0 Å². The van der Waals surface area contributed by atoms with Crippen LogP contribution in [0.15, 0.2) is 18.2 Å². The Kier molecular flexibility index (Phi) is 2.66. The summed E-state index contributed by atoms with van der Waals surface area (Å²) >= 11 is 0. The molecule has 0 aliphatic carbocycles. The van der Waals surface area contributed by atoms with Crippen molar-refractivity contribution in [1.29, 1.82) is 0 Å². The van der Waals surface area contributed by atoms with Gasteiger partial charge in [-0.15, -0.1) is 0 Å². The Morgan fingerprint density at radius 1 is 1.26 bits per heavy atom. The number of rotatable bonds is 2. The number of H-pyrrole nitrogens is 1. The molecule has 0 aliphatic heterocycles. The number of nitrogens with zero attached hydrogens (tertiary/aromatic N) is 3. The monoisotopic (exact) mass is 254 g/mol. The van der Waals surface area contributed by atoms with E-state index in [9.17, 15) is 0 Å². The highest BCUT2D eigenvalue weighted by Gasteiger charge is 2.15. The van der Waals surface area contributed by atoms with Crippen molar-refractivity contribution < 1.29 is 0 Å². The first kappa shape index (κ1) is 12.0. The molecule has 3 aromatic rings. The van der Waals surface area contributed by atoms with Crippen LogP contribution in [0.3, 0.4) is 0 Å². The fourth-order valence-electron chi connectivity index (χ4n) is 2.51. The lowest BCUT2D eigenvalue weighted by molar-refractivity contribution is 0.731. The quantitative estimate of drug-likeness (QED) is 0.763. The summed E-state index contributed by atoms with van der Waals surface area (Å²) in [6, 6.07) is 6.39. The van der Waals surface area contributed by atoms with Gasteiger partial charge in [0.25, 0.3) is 0 Å². The standard InChI is InChI=1S/C15H18N4/c1-5-11-6-7-12-13(8-11)17-15(16-12)14-9(2)18-19(4)10(14)3/h6-8H,5H2,1-4H3,(H,16,17). The van der Waals surface area contributed by atoms with Crippen molar-refractivity contribution in [2.24, 2.45) is 7.05 Å². The van der Waals surface area contributed by atoms with Crippen molar-refractivity contribution in [2.75, 3.05) is 0 Å². The van der Waals surface area contributed by atoms with Crippen molar-refractivity contribution in [1.82, 2.24) is 19.7 Å². The summed E-state index contributed by atoms with van der Waals surface area (Å²) in [5.41, 5.74) is 6.67. The third-order valence-electron chi connectivity index (χ3n) is 3.70. The number of fused-ring (bicyclic) bond motifs is 1. The number of hydrogen-bond donors (Lipinski definition) is 1. The van der Waals surface area contributed by atoms with Crippen LogP contribution in [0.1, 0.15) is 23.9 Å². The smallest absolute Gasteiger partial charge is 0.142 e. The molecule has 3 rings (SSSR count). The summed E-state index contributed by atoms with van der Waals surface area (Å²) in [6.45, 7) is 6.25. The van der Waals surface area contributed by atoms with Gasteiger partial charge in [0.1, 0.15) is 5.82 Å². The number of aromatic amines is 1. The van der Waals surface area contributed by atoms with E-state index in [1.165, 1.54) is 5.56 Å². The molecule has 4 nitrogen and oxygen atoms in total. The van der Waals surface area contributed by atoms with E-state index in [4.69, 9.17) is 0 Å². The van der Waals surface area contributed by atoms with Crippen LogP contribution in [0.2, 0.25) is 0 Å². The second kappa shape index (κ2) is 4.23. The molecule has 0 unspecified atom stereocenters. The summed E-state index contributed by atoms with van der Waals surface area (Å²) in [5, 5.41) is 4.45. The molecule has 0 aliphatic rings. The number of aryl methyl sites for hydroxylation is 3. The van der Waals surface area contributed by atoms with E-state index >= 15 is 0 Å². The van der Waals surface area contributed by atoms with Gasteiger partial charge in [-0.1, -0.05) is 13.0 Å². The van der Waals surface area contributed by atoms with E-state index in [0.717, 1.165) is 40.2 Å². The van der Waals surface area contributed by atoms with E-state index in [0.29, 0.717) is 0 Å². The summed E-state index contributed by atoms with van der Waals surface area (Å²) < 4.78 is 1.90. The molecule has 1 N–H and O–H groups in total. The van der Waals surface area contributed by atoms with E-state index < -0.39 is 0 Å². The summed E-state index contributed by atoms with van der Waals surface area (Å²) in [4.78, 5) is 8.10. The van der Waals surface area contributed by atoms with Crippen LogP contribution in [-0.2, 0) is 13.5 Å². The van der Waals surface area contributed by atoms with Gasteiger partial charge >= 0.3 is 0 Å². The second-order valence-corrected chi connectivity index (χ2v) is 4.96. The highest BCUT2D eigenvalue weighted by atomic mass is 15.3. The molecule has 2 aromatic heterocycles. The number of imidazole rings is 1. The van der Waals surface area contributed by atoms with Crippen LogP contribution in [0, 0.1) is 13.8 Å². The zero-order valence-corrected chi connectivity index (χ0v) is 11.8. The normalized spacial score (nSPS) is 11.4. The maximum absolute atomic E-state index is 4.68. The lowest BCUT2D eigenvalue weighted by Gasteiger charge is -1.96. The van der Waals surface area contributed by atoms with Crippen LogP contribution >= 0.6 is 0 Å². The van der Waals surface area contributed by atoms with Crippen molar-refractivity contribution in [3.8, 4) is 11.4 Å². The Hall–Kier alpha value is -2.10. The molecule has 2 heterocycles. The molecule has 1 aromatic carbocycles. The minimum Gasteiger partial charge on any atom is -0.338 e. The van der Waals surface area contributed by atoms with Crippen LogP contribution in [0.5, 0.6) is 0 Å². The van der Waals surface area contributed by atoms with Gasteiger partial charge in [-0.25, -0.2) is 4.98 Å². The first-order valence-electron chi connectivity index (χ1n) is 6.59. The first-order chi connectivity index (χ1) is 9.10. The van der Waals surface area contributed by atoms with Gasteiger partial charge in [0.2, 0.25) is 0 Å². The van der Waals surface area contributed by atoms with Crippen LogP contribution in [-0.4, -0.2) is 19.7 Å². The molecule has 19 heavy (non-hydrogen) atoms. The highest BCUT2D eigenvalue weighted by Crippen LogP contribution is 2.26. The maximum atomic E-state index is 4.68. The Labute approximate surface area is 112 Å². The predicted molar refractivity (Wildman–Crippen MR) is 77.1 cm³/mol. The van der Waals surface area contributed by atoms with E-state index in [2.05, 4.69) is 47.1 Å². The fourth-order valence-corrected chi connectivity index (χ4v) is 2.51. The molecular weight excluding hydrogens is 236 g/mol. The van der Waals surface area contributed by atoms with Crippen molar-refractivity contribution >= 4 is 11.0 Å². The minimum atomic E-state index is 0.909. The van der Waals surface area contributed by atoms with Gasteiger partial charge in [0, 0.05) is 12.7 Å². The van der Waals surface area contributed by atoms with Crippen LogP contribution in [0.25, 0.3) is 22.4 Å². The van der Waals surface area contributed by atoms with Crippen molar-refractivity contribution in [3.63, 3.8) is 0 Å². The van der Waals surface area contributed by atoms with E-state index in [-0.39, 0.29) is 0 Å². The molecule has 0 radical (unpaired) electrons. The predicted octanol–water partition coefficient (Wildman–Crippen LogP) is 3.14.